The van der Waals surface area contributed by atoms with E-state index in [4.69, 9.17) is 0 Å². The van der Waals surface area contributed by atoms with Crippen LogP contribution in [0.3, 0.4) is 0 Å². The summed E-state index contributed by atoms with van der Waals surface area (Å²) in [6.45, 7) is 0. The van der Waals surface area contributed by atoms with E-state index in [0.29, 0.717) is 22.6 Å². The first kappa shape index (κ1) is 14.9. The van der Waals surface area contributed by atoms with Crippen molar-refractivity contribution in [3.63, 3.8) is 0 Å². The quantitative estimate of drug-likeness (QED) is 0.788. The lowest BCUT2D eigenvalue weighted by Gasteiger charge is -2.14. The van der Waals surface area contributed by atoms with Gasteiger partial charge in [0.15, 0.2) is 10.8 Å². The number of amides is 1. The van der Waals surface area contributed by atoms with Crippen LogP contribution in [-0.4, -0.2) is 30.6 Å². The van der Waals surface area contributed by atoms with Gasteiger partial charge in [-0.15, -0.1) is 11.3 Å². The normalized spacial score (nSPS) is 14.8. The number of nitrogens with zero attached hydrogens (tertiary/aromatic N) is 5. The van der Waals surface area contributed by atoms with Crippen LogP contribution in [0.15, 0.2) is 36.1 Å². The van der Waals surface area contributed by atoms with Crippen molar-refractivity contribution in [1.29, 1.82) is 0 Å². The minimum atomic E-state index is -0.242. The number of aromatic nitrogens is 5. The molecule has 1 aliphatic rings. The third-order valence-corrected chi connectivity index (χ3v) is 4.91. The molecule has 24 heavy (non-hydrogen) atoms. The number of nitrogens with one attached hydrogen (secondary N) is 1. The van der Waals surface area contributed by atoms with Gasteiger partial charge in [-0.1, -0.05) is 12.8 Å². The molecule has 4 rings (SSSR count). The van der Waals surface area contributed by atoms with E-state index < -0.39 is 0 Å². The Bertz CT molecular complexity index is 837. The molecule has 3 aromatic heterocycles. The molecule has 0 unspecified atom stereocenters. The second kappa shape index (κ2) is 6.48. The molecular weight excluding hydrogens is 324 g/mol. The van der Waals surface area contributed by atoms with Crippen molar-refractivity contribution in [3.05, 3.63) is 41.8 Å². The summed E-state index contributed by atoms with van der Waals surface area (Å²) in [7, 11) is 0. The first-order valence-electron chi connectivity index (χ1n) is 7.89. The number of hydrogen-bond donors (Lipinski definition) is 1. The maximum atomic E-state index is 12.5. The molecule has 1 N–H and O–H groups in total. The van der Waals surface area contributed by atoms with Gasteiger partial charge in [0.25, 0.3) is 5.91 Å². The summed E-state index contributed by atoms with van der Waals surface area (Å²) >= 11 is 1.35. The maximum absolute atomic E-state index is 12.5. The Morgan fingerprint density at radius 1 is 1.21 bits per heavy atom. The number of rotatable bonds is 4. The number of carbonyl (C=O) groups excluding carboxylic acids is 1. The van der Waals surface area contributed by atoms with Gasteiger partial charge < -0.3 is 5.32 Å². The molecule has 1 saturated carbocycles. The van der Waals surface area contributed by atoms with Gasteiger partial charge in [-0.2, -0.15) is 5.10 Å². The second-order valence-corrected chi connectivity index (χ2v) is 6.52. The SMILES string of the molecule is O=C(Nc1ccnn1C1CCCC1)c1csc(-c2ncccn2)n1. The molecule has 0 atom stereocenters. The molecule has 0 saturated heterocycles. The van der Waals surface area contributed by atoms with E-state index >= 15 is 0 Å². The monoisotopic (exact) mass is 340 g/mol. The van der Waals surface area contributed by atoms with E-state index in [1.165, 1.54) is 24.2 Å². The Labute approximate surface area is 142 Å². The summed E-state index contributed by atoms with van der Waals surface area (Å²) in [4.78, 5) is 25.1. The van der Waals surface area contributed by atoms with Gasteiger partial charge >= 0.3 is 0 Å². The third-order valence-electron chi connectivity index (χ3n) is 4.08. The highest BCUT2D eigenvalue weighted by atomic mass is 32.1. The molecule has 1 aliphatic carbocycles. The average molecular weight is 340 g/mol. The topological polar surface area (TPSA) is 85.6 Å². The molecule has 0 radical (unpaired) electrons. The Kier molecular flexibility index (Phi) is 4.04. The van der Waals surface area contributed by atoms with Gasteiger partial charge in [0.2, 0.25) is 0 Å². The van der Waals surface area contributed by atoms with E-state index in [1.54, 1.807) is 30.0 Å². The third kappa shape index (κ3) is 2.92. The number of hydrogen-bond acceptors (Lipinski definition) is 6. The molecule has 1 amide bonds. The first-order valence-corrected chi connectivity index (χ1v) is 8.77. The standard InChI is InChI=1S/C16H16N6OS/c23-15(12-10-24-16(20-12)14-17-7-3-8-18-14)21-13-6-9-19-22(13)11-4-1-2-5-11/h3,6-11H,1-2,4-5H2,(H,21,23). The summed E-state index contributed by atoms with van der Waals surface area (Å²) in [6, 6.07) is 3.94. The zero-order valence-electron chi connectivity index (χ0n) is 12.9. The van der Waals surface area contributed by atoms with Crippen molar-refractivity contribution in [3.8, 4) is 10.8 Å². The number of thiazole rings is 1. The summed E-state index contributed by atoms with van der Waals surface area (Å²) in [5.74, 6) is 1.00. The van der Waals surface area contributed by atoms with Crippen LogP contribution in [0.1, 0.15) is 42.2 Å². The lowest BCUT2D eigenvalue weighted by Crippen LogP contribution is -2.18. The van der Waals surface area contributed by atoms with Crippen LogP contribution in [0.25, 0.3) is 10.8 Å². The highest BCUT2D eigenvalue weighted by molar-refractivity contribution is 7.13. The minimum absolute atomic E-state index is 0.242. The predicted octanol–water partition coefficient (Wildman–Crippen LogP) is 3.16. The van der Waals surface area contributed by atoms with E-state index in [0.717, 1.165) is 18.7 Å². The molecule has 0 aliphatic heterocycles. The van der Waals surface area contributed by atoms with Gasteiger partial charge in [-0.3, -0.25) is 4.79 Å². The molecular formula is C16H16N6OS. The van der Waals surface area contributed by atoms with Crippen LogP contribution in [0.5, 0.6) is 0 Å². The highest BCUT2D eigenvalue weighted by Crippen LogP contribution is 2.31. The van der Waals surface area contributed by atoms with Crippen molar-refractivity contribution < 1.29 is 4.79 Å². The fourth-order valence-corrected chi connectivity index (χ4v) is 3.67. The molecule has 3 heterocycles. The molecule has 0 aromatic carbocycles. The molecule has 3 aromatic rings. The zero-order valence-corrected chi connectivity index (χ0v) is 13.7. The predicted molar refractivity (Wildman–Crippen MR) is 90.8 cm³/mol. The molecule has 0 spiro atoms. The molecule has 0 bridgehead atoms. The van der Waals surface area contributed by atoms with Crippen LogP contribution in [0.2, 0.25) is 0 Å². The van der Waals surface area contributed by atoms with E-state index in [2.05, 4.69) is 25.4 Å². The Balaban J connectivity index is 1.51. The second-order valence-electron chi connectivity index (χ2n) is 5.66. The maximum Gasteiger partial charge on any atom is 0.276 e. The molecule has 8 heteroatoms. The summed E-state index contributed by atoms with van der Waals surface area (Å²) in [6.07, 6.45) is 9.67. The number of anilines is 1. The fourth-order valence-electron chi connectivity index (χ4n) is 2.92. The van der Waals surface area contributed by atoms with Gasteiger partial charge in [-0.25, -0.2) is 19.6 Å². The van der Waals surface area contributed by atoms with Crippen molar-refractivity contribution in [1.82, 2.24) is 24.7 Å². The van der Waals surface area contributed by atoms with Crippen molar-refractivity contribution in [2.24, 2.45) is 0 Å². The summed E-state index contributed by atoms with van der Waals surface area (Å²) in [5.41, 5.74) is 0.363. The number of carbonyl (C=O) groups is 1. The van der Waals surface area contributed by atoms with E-state index in [-0.39, 0.29) is 5.91 Å². The lowest BCUT2D eigenvalue weighted by atomic mass is 10.2. The van der Waals surface area contributed by atoms with Gasteiger partial charge in [0.05, 0.1) is 12.2 Å². The van der Waals surface area contributed by atoms with Crippen LogP contribution in [-0.2, 0) is 0 Å². The van der Waals surface area contributed by atoms with Crippen LogP contribution < -0.4 is 5.32 Å². The first-order chi connectivity index (χ1) is 11.8. The van der Waals surface area contributed by atoms with E-state index in [9.17, 15) is 4.79 Å². The Morgan fingerprint density at radius 2 is 2.00 bits per heavy atom. The van der Waals surface area contributed by atoms with Crippen molar-refractivity contribution in [2.75, 3.05) is 5.32 Å². The largest absolute Gasteiger partial charge is 0.305 e. The van der Waals surface area contributed by atoms with Gasteiger partial charge in [0, 0.05) is 23.8 Å². The average Bonchev–Trinajstić information content (AvgIpc) is 3.36. The van der Waals surface area contributed by atoms with Crippen LogP contribution in [0, 0.1) is 0 Å². The zero-order chi connectivity index (χ0) is 16.4. The minimum Gasteiger partial charge on any atom is -0.305 e. The lowest BCUT2D eigenvalue weighted by molar-refractivity contribution is 0.102. The molecule has 122 valence electrons. The van der Waals surface area contributed by atoms with E-state index in [1.807, 2.05) is 10.7 Å². The van der Waals surface area contributed by atoms with Gasteiger partial charge in [0.1, 0.15) is 11.5 Å². The molecule has 1 fully saturated rings. The Morgan fingerprint density at radius 3 is 2.79 bits per heavy atom. The highest BCUT2D eigenvalue weighted by Gasteiger charge is 2.21. The van der Waals surface area contributed by atoms with Crippen molar-refractivity contribution >= 4 is 23.1 Å². The molecule has 7 nitrogen and oxygen atoms in total. The summed E-state index contributed by atoms with van der Waals surface area (Å²) in [5, 5.41) is 9.62. The van der Waals surface area contributed by atoms with Crippen molar-refractivity contribution in [2.45, 2.75) is 31.7 Å². The smallest absolute Gasteiger partial charge is 0.276 e. The van der Waals surface area contributed by atoms with Crippen LogP contribution >= 0.6 is 11.3 Å². The van der Waals surface area contributed by atoms with Gasteiger partial charge in [-0.05, 0) is 18.9 Å². The van der Waals surface area contributed by atoms with Crippen LogP contribution in [0.4, 0.5) is 5.82 Å². The summed E-state index contributed by atoms with van der Waals surface area (Å²) < 4.78 is 1.92. The fraction of sp³-hybridized carbons (Fsp3) is 0.312. The Hall–Kier alpha value is -2.61.